The van der Waals surface area contributed by atoms with E-state index < -0.39 is 0 Å². The van der Waals surface area contributed by atoms with Crippen molar-refractivity contribution in [1.29, 1.82) is 0 Å². The Morgan fingerprint density at radius 1 is 1.03 bits per heavy atom. The Bertz CT molecular complexity index is 962. The van der Waals surface area contributed by atoms with Gasteiger partial charge in [-0.3, -0.25) is 9.59 Å². The third kappa shape index (κ3) is 3.76. The average molecular weight is 419 g/mol. The number of hydrogen-bond acceptors (Lipinski definition) is 3. The van der Waals surface area contributed by atoms with Gasteiger partial charge >= 0.3 is 0 Å². The maximum Gasteiger partial charge on any atom is 0.225 e. The van der Waals surface area contributed by atoms with Crippen molar-refractivity contribution < 1.29 is 14.3 Å². The molecule has 2 fully saturated rings. The van der Waals surface area contributed by atoms with Gasteiger partial charge in [0.2, 0.25) is 11.8 Å². The van der Waals surface area contributed by atoms with E-state index in [0.717, 1.165) is 49.9 Å². The second kappa shape index (κ2) is 8.12. The van der Waals surface area contributed by atoms with Crippen molar-refractivity contribution in [1.82, 2.24) is 10.2 Å². The van der Waals surface area contributed by atoms with Gasteiger partial charge in [-0.1, -0.05) is 54.6 Å². The van der Waals surface area contributed by atoms with Crippen LogP contribution >= 0.6 is 0 Å². The Labute approximate surface area is 183 Å². The number of carbonyl (C=O) groups excluding carboxylic acids is 2. The summed E-state index contributed by atoms with van der Waals surface area (Å²) in [5.41, 5.74) is 3.35. The van der Waals surface area contributed by atoms with Crippen molar-refractivity contribution in [3.63, 3.8) is 0 Å². The van der Waals surface area contributed by atoms with Gasteiger partial charge in [-0.25, -0.2) is 0 Å². The van der Waals surface area contributed by atoms with Gasteiger partial charge in [-0.2, -0.15) is 0 Å². The summed E-state index contributed by atoms with van der Waals surface area (Å²) in [4.78, 5) is 26.8. The molecule has 0 bridgehead atoms. The zero-order valence-electron chi connectivity index (χ0n) is 18.0. The highest BCUT2D eigenvalue weighted by atomic mass is 16.5. The molecule has 162 valence electrons. The molecule has 5 rings (SSSR count). The van der Waals surface area contributed by atoms with Crippen LogP contribution in [0.4, 0.5) is 0 Å². The lowest BCUT2D eigenvalue weighted by atomic mass is 9.71. The van der Waals surface area contributed by atoms with Gasteiger partial charge in [0.1, 0.15) is 0 Å². The molecule has 5 heteroatoms. The summed E-state index contributed by atoms with van der Waals surface area (Å²) >= 11 is 0. The summed E-state index contributed by atoms with van der Waals surface area (Å²) in [5, 5.41) is 3.17. The quantitative estimate of drug-likeness (QED) is 0.805. The van der Waals surface area contributed by atoms with Crippen LogP contribution in [0.25, 0.3) is 0 Å². The predicted molar refractivity (Wildman–Crippen MR) is 118 cm³/mol. The van der Waals surface area contributed by atoms with E-state index in [1.165, 1.54) is 5.56 Å². The van der Waals surface area contributed by atoms with Crippen LogP contribution in [0, 0.1) is 5.92 Å². The Kier molecular flexibility index (Phi) is 5.30. The molecule has 2 aliphatic carbocycles. The minimum absolute atomic E-state index is 0.0495. The number of hydrogen-bond donors (Lipinski definition) is 1. The molecule has 2 amide bonds. The van der Waals surface area contributed by atoms with Gasteiger partial charge in [-0.05, 0) is 42.4 Å². The fourth-order valence-electron chi connectivity index (χ4n) is 5.51. The monoisotopic (exact) mass is 418 g/mol. The number of ether oxygens (including phenoxy) is 1. The van der Waals surface area contributed by atoms with E-state index >= 15 is 0 Å². The Morgan fingerprint density at radius 2 is 1.71 bits per heavy atom. The number of piperidine rings is 1. The molecule has 2 aromatic rings. The number of rotatable bonds is 5. The first-order valence-electron chi connectivity index (χ1n) is 11.4. The molecular formula is C26H30N2O3. The average Bonchev–Trinajstić information content (AvgIpc) is 3.61. The summed E-state index contributed by atoms with van der Waals surface area (Å²) in [6.45, 7) is 3.57. The van der Waals surface area contributed by atoms with Crippen molar-refractivity contribution in [2.24, 2.45) is 5.92 Å². The fourth-order valence-corrected chi connectivity index (χ4v) is 5.51. The smallest absolute Gasteiger partial charge is 0.225 e. The summed E-state index contributed by atoms with van der Waals surface area (Å²) < 4.78 is 6.62. The van der Waals surface area contributed by atoms with Crippen molar-refractivity contribution in [2.45, 2.75) is 56.8 Å². The molecule has 31 heavy (non-hydrogen) atoms. The SMILES string of the molecule is CC(=O)N[C@@H]1c2ccccc2C2(CCN(C(=O)C3CC3)CC2)[C@H]1OCc1ccccc1. The number of nitrogens with zero attached hydrogens (tertiary/aromatic N) is 1. The molecule has 1 saturated heterocycles. The molecule has 2 atom stereocenters. The zero-order chi connectivity index (χ0) is 21.4. The van der Waals surface area contributed by atoms with Crippen molar-refractivity contribution in [3.05, 3.63) is 71.3 Å². The summed E-state index contributed by atoms with van der Waals surface area (Å²) in [5.74, 6) is 0.523. The highest BCUT2D eigenvalue weighted by Crippen LogP contribution is 2.52. The van der Waals surface area contributed by atoms with Gasteiger partial charge < -0.3 is 15.0 Å². The maximum absolute atomic E-state index is 12.6. The zero-order valence-corrected chi connectivity index (χ0v) is 18.0. The second-order valence-electron chi connectivity index (χ2n) is 9.24. The molecule has 0 aromatic heterocycles. The van der Waals surface area contributed by atoms with E-state index in [0.29, 0.717) is 12.5 Å². The number of nitrogens with one attached hydrogen (secondary N) is 1. The molecule has 0 unspecified atom stereocenters. The molecule has 0 radical (unpaired) electrons. The number of benzene rings is 2. The number of amides is 2. The minimum Gasteiger partial charge on any atom is -0.370 e. The topological polar surface area (TPSA) is 58.6 Å². The summed E-state index contributed by atoms with van der Waals surface area (Å²) in [7, 11) is 0. The number of fused-ring (bicyclic) bond motifs is 2. The molecule has 1 aliphatic heterocycles. The Balaban J connectivity index is 1.45. The molecule has 3 aliphatic rings. The van der Waals surface area contributed by atoms with Gasteiger partial charge in [0, 0.05) is 31.3 Å². The van der Waals surface area contributed by atoms with Crippen LogP contribution in [-0.4, -0.2) is 35.9 Å². The van der Waals surface area contributed by atoms with Crippen LogP contribution in [0.15, 0.2) is 54.6 Å². The van der Waals surface area contributed by atoms with Crippen LogP contribution in [0.3, 0.4) is 0 Å². The first-order valence-corrected chi connectivity index (χ1v) is 11.4. The summed E-state index contributed by atoms with van der Waals surface area (Å²) in [6, 6.07) is 18.4. The van der Waals surface area contributed by atoms with Crippen LogP contribution in [0.2, 0.25) is 0 Å². The van der Waals surface area contributed by atoms with Crippen LogP contribution < -0.4 is 5.32 Å². The lowest BCUT2D eigenvalue weighted by Crippen LogP contribution is -2.52. The molecule has 5 nitrogen and oxygen atoms in total. The molecule has 1 heterocycles. The van der Waals surface area contributed by atoms with E-state index in [2.05, 4.69) is 35.6 Å². The highest BCUT2D eigenvalue weighted by Gasteiger charge is 2.55. The Morgan fingerprint density at radius 3 is 2.39 bits per heavy atom. The molecule has 1 saturated carbocycles. The highest BCUT2D eigenvalue weighted by molar-refractivity contribution is 5.81. The normalized spacial score (nSPS) is 24.1. The third-order valence-corrected chi connectivity index (χ3v) is 7.20. The van der Waals surface area contributed by atoms with Crippen LogP contribution in [-0.2, 0) is 26.3 Å². The maximum atomic E-state index is 12.6. The number of carbonyl (C=O) groups is 2. The lowest BCUT2D eigenvalue weighted by Gasteiger charge is -2.44. The first kappa shape index (κ1) is 20.3. The molecule has 1 spiro atoms. The molecule has 1 N–H and O–H groups in total. The second-order valence-corrected chi connectivity index (χ2v) is 9.24. The molecule has 2 aromatic carbocycles. The minimum atomic E-state index is -0.196. The largest absolute Gasteiger partial charge is 0.370 e. The van der Waals surface area contributed by atoms with E-state index in [9.17, 15) is 9.59 Å². The van der Waals surface area contributed by atoms with Gasteiger partial charge in [-0.15, -0.1) is 0 Å². The van der Waals surface area contributed by atoms with Crippen molar-refractivity contribution >= 4 is 11.8 Å². The fraction of sp³-hybridized carbons (Fsp3) is 0.462. The standard InChI is InChI=1S/C26H30N2O3/c1-18(29)27-23-21-9-5-6-10-22(21)26(24(23)31-17-19-7-3-2-4-8-19)13-15-28(16-14-26)25(30)20-11-12-20/h2-10,20,23-24H,11-17H2,1H3,(H,27,29)/t23-,24+/m1/s1. The third-order valence-electron chi connectivity index (χ3n) is 7.20. The van der Waals surface area contributed by atoms with Gasteiger partial charge in [0.15, 0.2) is 0 Å². The van der Waals surface area contributed by atoms with Crippen LogP contribution in [0.5, 0.6) is 0 Å². The molecular weight excluding hydrogens is 388 g/mol. The van der Waals surface area contributed by atoms with Crippen molar-refractivity contribution in [2.75, 3.05) is 13.1 Å². The van der Waals surface area contributed by atoms with E-state index in [1.54, 1.807) is 6.92 Å². The van der Waals surface area contributed by atoms with Gasteiger partial charge in [0.25, 0.3) is 0 Å². The number of likely N-dealkylation sites (tertiary alicyclic amines) is 1. The Hall–Kier alpha value is -2.66. The van der Waals surface area contributed by atoms with E-state index in [1.807, 2.05) is 29.2 Å². The van der Waals surface area contributed by atoms with E-state index in [-0.39, 0.29) is 29.4 Å². The van der Waals surface area contributed by atoms with Crippen molar-refractivity contribution in [3.8, 4) is 0 Å². The van der Waals surface area contributed by atoms with Gasteiger partial charge in [0.05, 0.1) is 18.8 Å². The first-order chi connectivity index (χ1) is 15.1. The lowest BCUT2D eigenvalue weighted by molar-refractivity contribution is -0.135. The predicted octanol–water partition coefficient (Wildman–Crippen LogP) is 3.73. The summed E-state index contributed by atoms with van der Waals surface area (Å²) in [6.07, 6.45) is 3.64. The van der Waals surface area contributed by atoms with E-state index in [4.69, 9.17) is 4.74 Å². The van der Waals surface area contributed by atoms with Crippen LogP contribution in [0.1, 0.15) is 55.3 Å².